The Kier molecular flexibility index (Phi) is 4.45. The van der Waals surface area contributed by atoms with E-state index in [4.69, 9.17) is 4.74 Å². The lowest BCUT2D eigenvalue weighted by atomic mass is 10.1. The van der Waals surface area contributed by atoms with E-state index in [2.05, 4.69) is 34.5 Å². The van der Waals surface area contributed by atoms with Crippen LogP contribution in [0.15, 0.2) is 48.5 Å². The highest BCUT2D eigenvalue weighted by Crippen LogP contribution is 2.39. The molecule has 1 N–H and O–H groups in total. The van der Waals surface area contributed by atoms with Gasteiger partial charge in [0.2, 0.25) is 5.91 Å². The van der Waals surface area contributed by atoms with E-state index >= 15 is 0 Å². The van der Waals surface area contributed by atoms with Crippen molar-refractivity contribution in [2.24, 2.45) is 0 Å². The van der Waals surface area contributed by atoms with Crippen LogP contribution in [0.5, 0.6) is 5.75 Å². The summed E-state index contributed by atoms with van der Waals surface area (Å²) in [7, 11) is 0. The number of amides is 1. The maximum Gasteiger partial charge on any atom is 0.221 e. The molecule has 1 amide bonds. The van der Waals surface area contributed by atoms with E-state index in [0.717, 1.165) is 17.9 Å². The predicted molar refractivity (Wildman–Crippen MR) is 98.9 cm³/mol. The van der Waals surface area contributed by atoms with Crippen LogP contribution in [0.25, 0.3) is 0 Å². The number of fused-ring (bicyclic) bond motifs is 1. The highest BCUT2D eigenvalue weighted by Gasteiger charge is 2.38. The topological polar surface area (TPSA) is 41.6 Å². The molecule has 130 valence electrons. The summed E-state index contributed by atoms with van der Waals surface area (Å²) in [5.41, 5.74) is 3.51. The van der Waals surface area contributed by atoms with Crippen LogP contribution in [-0.2, 0) is 11.2 Å². The number of likely N-dealkylation sites (tertiary alicyclic amines) is 1. The van der Waals surface area contributed by atoms with Gasteiger partial charge in [-0.1, -0.05) is 24.3 Å². The average molecular weight is 336 g/mol. The van der Waals surface area contributed by atoms with Crippen molar-refractivity contribution in [2.75, 3.05) is 18.4 Å². The lowest BCUT2D eigenvalue weighted by Gasteiger charge is -2.30. The van der Waals surface area contributed by atoms with E-state index in [0.29, 0.717) is 6.04 Å². The molecule has 1 heterocycles. The van der Waals surface area contributed by atoms with E-state index in [9.17, 15) is 4.79 Å². The summed E-state index contributed by atoms with van der Waals surface area (Å²) in [6.07, 6.45) is 3.70. The minimum atomic E-state index is -0.0625. The summed E-state index contributed by atoms with van der Waals surface area (Å²) in [4.78, 5) is 13.7. The zero-order chi connectivity index (χ0) is 17.2. The summed E-state index contributed by atoms with van der Waals surface area (Å²) < 4.78 is 6.43. The molecule has 0 unspecified atom stereocenters. The first-order valence-electron chi connectivity index (χ1n) is 9.07. The largest absolute Gasteiger partial charge is 0.484 e. The molecule has 2 aliphatic rings. The minimum absolute atomic E-state index is 0.0625. The average Bonchev–Trinajstić information content (AvgIpc) is 3.24. The molecule has 4 nitrogen and oxygen atoms in total. The first-order valence-corrected chi connectivity index (χ1v) is 9.07. The fraction of sp³-hybridized carbons (Fsp3) is 0.381. The number of carbonyl (C=O) groups is 1. The van der Waals surface area contributed by atoms with E-state index in [1.54, 1.807) is 0 Å². The Hall–Kier alpha value is -2.33. The van der Waals surface area contributed by atoms with Gasteiger partial charge in [0.1, 0.15) is 11.9 Å². The van der Waals surface area contributed by atoms with Gasteiger partial charge in [0.25, 0.3) is 0 Å². The Morgan fingerprint density at radius 2 is 1.80 bits per heavy atom. The van der Waals surface area contributed by atoms with E-state index in [1.165, 1.54) is 44.0 Å². The second-order valence-electron chi connectivity index (χ2n) is 6.96. The van der Waals surface area contributed by atoms with E-state index < -0.39 is 0 Å². The van der Waals surface area contributed by atoms with E-state index in [-0.39, 0.29) is 12.0 Å². The molecule has 2 aromatic rings. The van der Waals surface area contributed by atoms with E-state index in [1.807, 2.05) is 24.3 Å². The van der Waals surface area contributed by atoms with Crippen LogP contribution in [0.2, 0.25) is 0 Å². The van der Waals surface area contributed by atoms with Gasteiger partial charge in [-0.25, -0.2) is 0 Å². The van der Waals surface area contributed by atoms with Crippen LogP contribution >= 0.6 is 0 Å². The van der Waals surface area contributed by atoms with Gasteiger partial charge in [-0.2, -0.15) is 0 Å². The van der Waals surface area contributed by atoms with Crippen LogP contribution in [0.4, 0.5) is 5.69 Å². The molecule has 4 heteroatoms. The number of nitrogens with one attached hydrogen (secondary N) is 1. The highest BCUT2D eigenvalue weighted by molar-refractivity contribution is 5.88. The van der Waals surface area contributed by atoms with Gasteiger partial charge in [-0.05, 0) is 67.7 Å². The van der Waals surface area contributed by atoms with Gasteiger partial charge >= 0.3 is 0 Å². The molecule has 2 aromatic carbocycles. The molecule has 0 spiro atoms. The third kappa shape index (κ3) is 3.40. The van der Waals surface area contributed by atoms with Crippen molar-refractivity contribution in [1.82, 2.24) is 4.90 Å². The lowest BCUT2D eigenvalue weighted by Crippen LogP contribution is -2.37. The SMILES string of the molecule is CC(=O)Nc1ccc(O[C@H]2c3ccccc3C[C@@H]2N2CCCC2)cc1. The highest BCUT2D eigenvalue weighted by atomic mass is 16.5. The number of hydrogen-bond donors (Lipinski definition) is 1. The predicted octanol–water partition coefficient (Wildman–Crippen LogP) is 3.79. The van der Waals surface area contributed by atoms with Crippen LogP contribution in [0.3, 0.4) is 0 Å². The van der Waals surface area contributed by atoms with Crippen LogP contribution in [0, 0.1) is 0 Å². The van der Waals surface area contributed by atoms with Gasteiger partial charge < -0.3 is 10.1 Å². The van der Waals surface area contributed by atoms with Crippen molar-refractivity contribution in [3.05, 3.63) is 59.7 Å². The monoisotopic (exact) mass is 336 g/mol. The zero-order valence-corrected chi connectivity index (χ0v) is 14.6. The third-order valence-electron chi connectivity index (χ3n) is 5.19. The lowest BCUT2D eigenvalue weighted by molar-refractivity contribution is -0.114. The summed E-state index contributed by atoms with van der Waals surface area (Å²) in [5, 5.41) is 2.79. The summed E-state index contributed by atoms with van der Waals surface area (Å²) >= 11 is 0. The van der Waals surface area contributed by atoms with Crippen molar-refractivity contribution >= 4 is 11.6 Å². The van der Waals surface area contributed by atoms with Crippen LogP contribution in [-0.4, -0.2) is 29.9 Å². The second-order valence-corrected chi connectivity index (χ2v) is 6.96. The quantitative estimate of drug-likeness (QED) is 0.924. The molecule has 0 saturated carbocycles. The Morgan fingerprint density at radius 1 is 1.08 bits per heavy atom. The molecule has 1 aliphatic carbocycles. The molecule has 1 fully saturated rings. The van der Waals surface area contributed by atoms with Gasteiger partial charge in [-0.3, -0.25) is 9.69 Å². The number of carbonyl (C=O) groups excluding carboxylic acids is 1. The molecule has 25 heavy (non-hydrogen) atoms. The number of ether oxygens (including phenoxy) is 1. The van der Waals surface area contributed by atoms with Crippen molar-refractivity contribution in [3.63, 3.8) is 0 Å². The normalized spacial score (nSPS) is 22.6. The number of rotatable bonds is 4. The maximum atomic E-state index is 11.2. The molecule has 4 rings (SSSR count). The third-order valence-corrected chi connectivity index (χ3v) is 5.19. The second kappa shape index (κ2) is 6.89. The number of nitrogens with zero attached hydrogens (tertiary/aromatic N) is 1. The molecule has 1 saturated heterocycles. The number of hydrogen-bond acceptors (Lipinski definition) is 3. The van der Waals surface area contributed by atoms with Crippen molar-refractivity contribution in [2.45, 2.75) is 38.3 Å². The molecule has 0 aromatic heterocycles. The first-order chi connectivity index (χ1) is 12.2. The smallest absolute Gasteiger partial charge is 0.221 e. The molecule has 0 radical (unpaired) electrons. The molecule has 2 atom stereocenters. The van der Waals surface area contributed by atoms with Gasteiger partial charge in [-0.15, -0.1) is 0 Å². The summed E-state index contributed by atoms with van der Waals surface area (Å²) in [6.45, 7) is 3.85. The van der Waals surface area contributed by atoms with Crippen molar-refractivity contribution in [1.29, 1.82) is 0 Å². The van der Waals surface area contributed by atoms with Crippen LogP contribution < -0.4 is 10.1 Å². The summed E-state index contributed by atoms with van der Waals surface area (Å²) in [6, 6.07) is 16.7. The Balaban J connectivity index is 1.56. The molecule has 1 aliphatic heterocycles. The maximum absolute atomic E-state index is 11.2. The van der Waals surface area contributed by atoms with Gasteiger partial charge in [0.05, 0.1) is 6.04 Å². The van der Waals surface area contributed by atoms with Crippen molar-refractivity contribution in [3.8, 4) is 5.75 Å². The number of benzene rings is 2. The Morgan fingerprint density at radius 3 is 2.52 bits per heavy atom. The molecular formula is C21H24N2O2. The number of anilines is 1. The van der Waals surface area contributed by atoms with Gasteiger partial charge in [0.15, 0.2) is 0 Å². The fourth-order valence-electron chi connectivity index (χ4n) is 4.04. The minimum Gasteiger partial charge on any atom is -0.484 e. The van der Waals surface area contributed by atoms with Gasteiger partial charge in [0, 0.05) is 12.6 Å². The van der Waals surface area contributed by atoms with Crippen molar-refractivity contribution < 1.29 is 9.53 Å². The molecular weight excluding hydrogens is 312 g/mol. The zero-order valence-electron chi connectivity index (χ0n) is 14.6. The molecule has 0 bridgehead atoms. The fourth-order valence-corrected chi connectivity index (χ4v) is 4.04. The van der Waals surface area contributed by atoms with Crippen LogP contribution in [0.1, 0.15) is 37.0 Å². The summed E-state index contributed by atoms with van der Waals surface area (Å²) in [5.74, 6) is 0.785. The standard InChI is InChI=1S/C21H24N2O2/c1-15(24)22-17-8-10-18(11-9-17)25-21-19-7-3-2-6-16(19)14-20(21)23-12-4-5-13-23/h2-3,6-11,20-21H,4-5,12-14H2,1H3,(H,22,24)/t20-,21-/m0/s1. The Labute approximate surface area is 148 Å². The first kappa shape index (κ1) is 16.2. The Bertz CT molecular complexity index is 751.